The van der Waals surface area contributed by atoms with E-state index in [1.165, 1.54) is 26.2 Å². The molecule has 0 fully saturated rings. The number of ether oxygens (including phenoxy) is 1. The van der Waals surface area contributed by atoms with Gasteiger partial charge in [0.2, 0.25) is 0 Å². The first-order valence-corrected chi connectivity index (χ1v) is 10.0. The second-order valence-corrected chi connectivity index (χ2v) is 7.05. The summed E-state index contributed by atoms with van der Waals surface area (Å²) in [5, 5.41) is 17.0. The second kappa shape index (κ2) is 17.3. The van der Waals surface area contributed by atoms with Crippen molar-refractivity contribution in [2.24, 2.45) is 5.92 Å². The molecule has 0 heterocycles. The normalized spacial score (nSPS) is 12.8. The highest BCUT2D eigenvalue weighted by molar-refractivity contribution is 5.66. The molecule has 0 aromatic heterocycles. The predicted octanol–water partition coefficient (Wildman–Crippen LogP) is 6.06. The number of nitrogens with zero attached hydrogens (tertiary/aromatic N) is 2. The van der Waals surface area contributed by atoms with Gasteiger partial charge in [0, 0.05) is 19.8 Å². The third-order valence-corrected chi connectivity index (χ3v) is 4.68. The van der Waals surface area contributed by atoms with Crippen molar-refractivity contribution in [3.8, 4) is 12.1 Å². The topological polar surface area (TPSA) is 73.9 Å². The van der Waals surface area contributed by atoms with Crippen LogP contribution in [0.3, 0.4) is 0 Å². The minimum Gasteiger partial charge on any atom is -0.462 e. The maximum absolute atomic E-state index is 11.4. The molecule has 0 aromatic rings. The molecular weight excluding hydrogens is 312 g/mol. The monoisotopic (exact) mass is 348 g/mol. The third kappa shape index (κ3) is 15.7. The lowest BCUT2D eigenvalue weighted by atomic mass is 9.93. The van der Waals surface area contributed by atoms with Crippen LogP contribution >= 0.6 is 0 Å². The summed E-state index contributed by atoms with van der Waals surface area (Å²) in [5.74, 6) is 0.226. The van der Waals surface area contributed by atoms with Crippen LogP contribution < -0.4 is 0 Å². The number of hydrogen-bond donors (Lipinski definition) is 0. The van der Waals surface area contributed by atoms with Gasteiger partial charge < -0.3 is 4.74 Å². The van der Waals surface area contributed by atoms with Crippen LogP contribution in [0, 0.1) is 28.6 Å². The molecule has 0 aliphatic carbocycles. The van der Waals surface area contributed by atoms with Crippen molar-refractivity contribution in [2.75, 3.05) is 0 Å². The largest absolute Gasteiger partial charge is 0.462 e. The quantitative estimate of drug-likeness (QED) is 0.251. The van der Waals surface area contributed by atoms with Crippen molar-refractivity contribution in [1.29, 1.82) is 10.5 Å². The zero-order chi connectivity index (χ0) is 18.8. The predicted molar refractivity (Wildman–Crippen MR) is 101 cm³/mol. The van der Waals surface area contributed by atoms with E-state index >= 15 is 0 Å². The standard InChI is InChI=1S/C21H36N2O2/c1-19(15-11-7-3-5-9-13-17-22)21(25-20(2)24)16-12-8-4-6-10-14-18-23/h19,21H,3-16H2,1-2H3/t19-,21-/m1/s1. The minimum atomic E-state index is -0.178. The van der Waals surface area contributed by atoms with Gasteiger partial charge in [-0.05, 0) is 38.0 Å². The maximum atomic E-state index is 11.4. The highest BCUT2D eigenvalue weighted by atomic mass is 16.5. The fourth-order valence-corrected chi connectivity index (χ4v) is 3.14. The number of nitriles is 2. The van der Waals surface area contributed by atoms with Crippen LogP contribution in [-0.4, -0.2) is 12.1 Å². The van der Waals surface area contributed by atoms with Crippen molar-refractivity contribution >= 4 is 5.97 Å². The van der Waals surface area contributed by atoms with E-state index < -0.39 is 0 Å². The molecule has 0 amide bonds. The van der Waals surface area contributed by atoms with Gasteiger partial charge in [-0.3, -0.25) is 4.79 Å². The van der Waals surface area contributed by atoms with Crippen LogP contribution in [0.5, 0.6) is 0 Å². The number of hydrogen-bond acceptors (Lipinski definition) is 4. The molecule has 4 heteroatoms. The maximum Gasteiger partial charge on any atom is 0.302 e. The van der Waals surface area contributed by atoms with E-state index in [4.69, 9.17) is 15.3 Å². The van der Waals surface area contributed by atoms with Gasteiger partial charge in [-0.2, -0.15) is 10.5 Å². The van der Waals surface area contributed by atoms with Crippen LogP contribution in [0.25, 0.3) is 0 Å². The molecule has 25 heavy (non-hydrogen) atoms. The van der Waals surface area contributed by atoms with E-state index in [1.807, 2.05) is 0 Å². The van der Waals surface area contributed by atoms with Crippen molar-refractivity contribution in [1.82, 2.24) is 0 Å². The van der Waals surface area contributed by atoms with Gasteiger partial charge in [-0.25, -0.2) is 0 Å². The average molecular weight is 349 g/mol. The molecule has 0 N–H and O–H groups in total. The Labute approximate surface area is 154 Å². The molecule has 0 aliphatic heterocycles. The highest BCUT2D eigenvalue weighted by Crippen LogP contribution is 2.22. The first-order valence-electron chi connectivity index (χ1n) is 10.0. The molecule has 0 saturated heterocycles. The molecule has 142 valence electrons. The summed E-state index contributed by atoms with van der Waals surface area (Å²) < 4.78 is 5.55. The summed E-state index contributed by atoms with van der Waals surface area (Å²) in [5.41, 5.74) is 0. The molecule has 0 unspecified atom stereocenters. The smallest absolute Gasteiger partial charge is 0.302 e. The number of carbonyl (C=O) groups is 1. The van der Waals surface area contributed by atoms with Crippen molar-refractivity contribution < 1.29 is 9.53 Å². The molecular formula is C21H36N2O2. The summed E-state index contributed by atoms with van der Waals surface area (Å²) >= 11 is 0. The molecule has 2 atom stereocenters. The van der Waals surface area contributed by atoms with Crippen LogP contribution in [0.2, 0.25) is 0 Å². The Morgan fingerprint density at radius 3 is 1.72 bits per heavy atom. The minimum absolute atomic E-state index is 0.0372. The lowest BCUT2D eigenvalue weighted by Gasteiger charge is -2.24. The number of unbranched alkanes of at least 4 members (excludes halogenated alkanes) is 10. The van der Waals surface area contributed by atoms with Gasteiger partial charge in [-0.15, -0.1) is 0 Å². The average Bonchev–Trinajstić information content (AvgIpc) is 2.58. The Morgan fingerprint density at radius 1 is 0.800 bits per heavy atom. The SMILES string of the molecule is CC(=O)O[C@H](CCCCCCCC#N)[C@H](C)CCCCCCCC#N. The van der Waals surface area contributed by atoms with E-state index in [0.29, 0.717) is 18.8 Å². The number of carbonyl (C=O) groups excluding carboxylic acids is 1. The fourth-order valence-electron chi connectivity index (χ4n) is 3.14. The summed E-state index contributed by atoms with van der Waals surface area (Å²) in [6.45, 7) is 3.69. The summed E-state index contributed by atoms with van der Waals surface area (Å²) in [4.78, 5) is 11.4. The van der Waals surface area contributed by atoms with Crippen molar-refractivity contribution in [3.63, 3.8) is 0 Å². The lowest BCUT2D eigenvalue weighted by Crippen LogP contribution is -2.24. The van der Waals surface area contributed by atoms with Crippen LogP contribution in [0.4, 0.5) is 0 Å². The zero-order valence-electron chi connectivity index (χ0n) is 16.3. The number of esters is 1. The van der Waals surface area contributed by atoms with Crippen LogP contribution in [-0.2, 0) is 9.53 Å². The molecule has 0 aromatic carbocycles. The van der Waals surface area contributed by atoms with Crippen LogP contribution in [0.15, 0.2) is 0 Å². The summed E-state index contributed by atoms with van der Waals surface area (Å²) in [7, 11) is 0. The van der Waals surface area contributed by atoms with Gasteiger partial charge in [-0.1, -0.05) is 51.9 Å². The Morgan fingerprint density at radius 2 is 1.24 bits per heavy atom. The number of rotatable bonds is 16. The molecule has 0 spiro atoms. The molecule has 0 aliphatic rings. The summed E-state index contributed by atoms with van der Waals surface area (Å²) in [6, 6.07) is 4.37. The van der Waals surface area contributed by atoms with Gasteiger partial charge in [0.15, 0.2) is 0 Å². The fraction of sp³-hybridized carbons (Fsp3) is 0.857. The van der Waals surface area contributed by atoms with E-state index in [1.54, 1.807) is 0 Å². The van der Waals surface area contributed by atoms with Gasteiger partial charge in [0.1, 0.15) is 6.10 Å². The van der Waals surface area contributed by atoms with E-state index in [2.05, 4.69) is 19.1 Å². The third-order valence-electron chi connectivity index (χ3n) is 4.68. The van der Waals surface area contributed by atoms with Gasteiger partial charge in [0.25, 0.3) is 0 Å². The Hall–Kier alpha value is -1.55. The Kier molecular flexibility index (Phi) is 16.2. The van der Waals surface area contributed by atoms with E-state index in [-0.39, 0.29) is 12.1 Å². The van der Waals surface area contributed by atoms with Crippen molar-refractivity contribution in [2.45, 2.75) is 110 Å². The molecule has 4 nitrogen and oxygen atoms in total. The summed E-state index contributed by atoms with van der Waals surface area (Å²) in [6.07, 6.45) is 14.6. The molecule has 0 bridgehead atoms. The first kappa shape index (κ1) is 23.4. The highest BCUT2D eigenvalue weighted by Gasteiger charge is 2.19. The van der Waals surface area contributed by atoms with E-state index in [9.17, 15) is 4.79 Å². The zero-order valence-corrected chi connectivity index (χ0v) is 16.3. The lowest BCUT2D eigenvalue weighted by molar-refractivity contribution is -0.149. The van der Waals surface area contributed by atoms with E-state index in [0.717, 1.165) is 57.8 Å². The van der Waals surface area contributed by atoms with Crippen molar-refractivity contribution in [3.05, 3.63) is 0 Å². The van der Waals surface area contributed by atoms with Gasteiger partial charge >= 0.3 is 5.97 Å². The molecule has 0 saturated carbocycles. The molecule has 0 rings (SSSR count). The van der Waals surface area contributed by atoms with Crippen LogP contribution in [0.1, 0.15) is 104 Å². The Bertz CT molecular complexity index is 409. The first-order chi connectivity index (χ1) is 12.1. The van der Waals surface area contributed by atoms with Gasteiger partial charge in [0.05, 0.1) is 12.1 Å². The molecule has 0 radical (unpaired) electrons. The Balaban J connectivity index is 3.89. The second-order valence-electron chi connectivity index (χ2n) is 7.05.